The predicted octanol–water partition coefficient (Wildman–Crippen LogP) is -2.59. The molecule has 0 unspecified atom stereocenters. The maximum absolute atomic E-state index is 11.4. The number of rotatable bonds is 5. The van der Waals surface area contributed by atoms with E-state index in [1.807, 2.05) is 21.4 Å². The maximum atomic E-state index is 11.4. The van der Waals surface area contributed by atoms with Crippen molar-refractivity contribution in [1.29, 1.82) is 0 Å². The van der Waals surface area contributed by atoms with Crippen molar-refractivity contribution in [3.8, 4) is 0 Å². The van der Waals surface area contributed by atoms with Crippen LogP contribution in [0.2, 0.25) is 0 Å². The molecule has 3 N–H and O–H groups in total. The molecule has 1 aromatic rings. The van der Waals surface area contributed by atoms with Gasteiger partial charge >= 0.3 is 6.03 Å². The third kappa shape index (κ3) is 3.47. The minimum absolute atomic E-state index is 0.614. The van der Waals surface area contributed by atoms with E-state index in [4.69, 9.17) is 0 Å². The number of aromatic nitrogens is 2. The van der Waals surface area contributed by atoms with Crippen LogP contribution in [0, 0.1) is 5.92 Å². The van der Waals surface area contributed by atoms with Crippen molar-refractivity contribution in [2.45, 2.75) is 13.0 Å². The van der Waals surface area contributed by atoms with Crippen molar-refractivity contribution in [1.82, 2.24) is 20.2 Å². The molecular formula is C11H14N5O3+. The largest absolute Gasteiger partial charge is 0.337 e. The SMILES string of the molecule is O=C1NC(=O)C(C=[NH+]CCCn2ccnc2)C(=O)N1. The van der Waals surface area contributed by atoms with Crippen molar-refractivity contribution in [3.63, 3.8) is 0 Å². The summed E-state index contributed by atoms with van der Waals surface area (Å²) in [7, 11) is 0. The number of aryl methyl sites for hydroxylation is 1. The zero-order valence-corrected chi connectivity index (χ0v) is 10.1. The number of amides is 4. The first-order chi connectivity index (χ1) is 9.16. The van der Waals surface area contributed by atoms with Gasteiger partial charge in [-0.2, -0.15) is 0 Å². The quantitative estimate of drug-likeness (QED) is 0.308. The van der Waals surface area contributed by atoms with Crippen LogP contribution in [-0.4, -0.2) is 40.2 Å². The summed E-state index contributed by atoms with van der Waals surface area (Å²) in [6.07, 6.45) is 7.49. The summed E-state index contributed by atoms with van der Waals surface area (Å²) in [4.78, 5) is 40.4. The maximum Gasteiger partial charge on any atom is 0.328 e. The molecule has 0 aliphatic carbocycles. The smallest absolute Gasteiger partial charge is 0.328 e. The second-order valence-electron chi connectivity index (χ2n) is 4.06. The first-order valence-electron chi connectivity index (χ1n) is 5.85. The van der Waals surface area contributed by atoms with Crippen molar-refractivity contribution in [3.05, 3.63) is 18.7 Å². The Morgan fingerprint density at radius 1 is 1.32 bits per heavy atom. The summed E-state index contributed by atoms with van der Waals surface area (Å²) >= 11 is 0. The van der Waals surface area contributed by atoms with Crippen LogP contribution >= 0.6 is 0 Å². The lowest BCUT2D eigenvalue weighted by Crippen LogP contribution is -2.72. The Labute approximate surface area is 108 Å². The van der Waals surface area contributed by atoms with E-state index in [-0.39, 0.29) is 0 Å². The van der Waals surface area contributed by atoms with Crippen LogP contribution in [0.5, 0.6) is 0 Å². The van der Waals surface area contributed by atoms with Crippen LogP contribution < -0.4 is 15.6 Å². The number of urea groups is 1. The molecule has 8 heteroatoms. The van der Waals surface area contributed by atoms with Gasteiger partial charge in [-0.1, -0.05) is 0 Å². The van der Waals surface area contributed by atoms with E-state index < -0.39 is 23.8 Å². The molecule has 0 bridgehead atoms. The van der Waals surface area contributed by atoms with E-state index in [0.29, 0.717) is 6.54 Å². The molecule has 19 heavy (non-hydrogen) atoms. The van der Waals surface area contributed by atoms with Gasteiger partial charge in [0, 0.05) is 25.4 Å². The minimum atomic E-state index is -0.981. The van der Waals surface area contributed by atoms with Crippen molar-refractivity contribution < 1.29 is 19.4 Å². The third-order valence-corrected chi connectivity index (χ3v) is 2.62. The fourth-order valence-electron chi connectivity index (χ4n) is 1.66. The van der Waals surface area contributed by atoms with Gasteiger partial charge in [-0.15, -0.1) is 0 Å². The second-order valence-corrected chi connectivity index (χ2v) is 4.06. The molecule has 1 aliphatic rings. The number of imide groups is 2. The van der Waals surface area contributed by atoms with Gasteiger partial charge < -0.3 is 4.57 Å². The van der Waals surface area contributed by atoms with Crippen LogP contribution in [0.1, 0.15) is 6.42 Å². The van der Waals surface area contributed by atoms with Gasteiger partial charge in [-0.05, 0) is 0 Å². The van der Waals surface area contributed by atoms with Gasteiger partial charge in [0.2, 0.25) is 0 Å². The number of nitrogens with zero attached hydrogens (tertiary/aromatic N) is 2. The lowest BCUT2D eigenvalue weighted by Gasteiger charge is -2.15. The van der Waals surface area contributed by atoms with Gasteiger partial charge in [0.25, 0.3) is 11.8 Å². The van der Waals surface area contributed by atoms with Gasteiger partial charge in [0.05, 0.1) is 6.33 Å². The molecule has 1 fully saturated rings. The molecule has 1 aliphatic heterocycles. The summed E-state index contributed by atoms with van der Waals surface area (Å²) < 4.78 is 1.93. The summed E-state index contributed by atoms with van der Waals surface area (Å²) in [5, 5.41) is 4.06. The predicted molar refractivity (Wildman–Crippen MR) is 63.9 cm³/mol. The molecule has 0 radical (unpaired) electrons. The lowest BCUT2D eigenvalue weighted by molar-refractivity contribution is -0.454. The number of carbonyl (C=O) groups is 3. The van der Waals surface area contributed by atoms with E-state index in [1.165, 1.54) is 6.21 Å². The third-order valence-electron chi connectivity index (χ3n) is 2.62. The first kappa shape index (κ1) is 12.9. The Balaban J connectivity index is 1.77. The zero-order valence-electron chi connectivity index (χ0n) is 10.1. The summed E-state index contributed by atoms with van der Waals surface area (Å²) in [6, 6.07) is -0.778. The van der Waals surface area contributed by atoms with Crippen LogP contribution in [0.3, 0.4) is 0 Å². The second kappa shape index (κ2) is 5.89. The van der Waals surface area contributed by atoms with Gasteiger partial charge in [-0.3, -0.25) is 25.2 Å². The highest BCUT2D eigenvalue weighted by atomic mass is 16.2. The molecule has 0 atom stereocenters. The fourth-order valence-corrected chi connectivity index (χ4v) is 1.66. The highest BCUT2D eigenvalue weighted by Gasteiger charge is 2.34. The standard InChI is InChI=1S/C11H13N5O3/c17-9-8(10(18)15-11(19)14-9)6-12-2-1-4-16-5-3-13-7-16/h3,5-8H,1-2,4H2,(H2,14,15,17,18,19)/p+1. The van der Waals surface area contributed by atoms with Crippen molar-refractivity contribution >= 4 is 24.1 Å². The average Bonchev–Trinajstić information content (AvgIpc) is 2.84. The van der Waals surface area contributed by atoms with Crippen LogP contribution in [0.15, 0.2) is 18.7 Å². The normalized spacial score (nSPS) is 16.7. The van der Waals surface area contributed by atoms with Gasteiger partial charge in [-0.25, -0.2) is 9.78 Å². The molecular weight excluding hydrogens is 250 g/mol. The van der Waals surface area contributed by atoms with E-state index >= 15 is 0 Å². The monoisotopic (exact) mass is 264 g/mol. The molecule has 8 nitrogen and oxygen atoms in total. The molecule has 1 aromatic heterocycles. The number of hydrogen-bond donors (Lipinski definition) is 3. The van der Waals surface area contributed by atoms with Crippen molar-refractivity contribution in [2.75, 3.05) is 6.54 Å². The molecule has 0 aromatic carbocycles. The minimum Gasteiger partial charge on any atom is -0.337 e. The number of barbiturate groups is 1. The Morgan fingerprint density at radius 3 is 2.68 bits per heavy atom. The summed E-state index contributed by atoms with van der Waals surface area (Å²) in [5.74, 6) is -2.21. The Bertz CT molecular complexity index is 488. The Morgan fingerprint density at radius 2 is 2.05 bits per heavy atom. The number of carbonyl (C=O) groups excluding carboxylic acids is 3. The molecule has 1 saturated heterocycles. The van der Waals surface area contributed by atoms with Gasteiger partial charge in [0.1, 0.15) is 6.54 Å². The van der Waals surface area contributed by atoms with Crippen LogP contribution in [-0.2, 0) is 16.1 Å². The number of nitrogens with one attached hydrogen (secondary N) is 3. The van der Waals surface area contributed by atoms with Crippen LogP contribution in [0.4, 0.5) is 4.79 Å². The first-order valence-corrected chi connectivity index (χ1v) is 5.85. The average molecular weight is 264 g/mol. The lowest BCUT2D eigenvalue weighted by atomic mass is 10.1. The summed E-state index contributed by atoms with van der Waals surface area (Å²) in [6.45, 7) is 1.41. The Hall–Kier alpha value is -2.51. The highest BCUT2D eigenvalue weighted by molar-refractivity contribution is 6.22. The molecule has 4 amide bonds. The van der Waals surface area contributed by atoms with Crippen molar-refractivity contribution in [2.24, 2.45) is 5.92 Å². The summed E-state index contributed by atoms with van der Waals surface area (Å²) in [5.41, 5.74) is 0. The molecule has 0 spiro atoms. The van der Waals surface area contributed by atoms with E-state index in [0.717, 1.165) is 13.0 Å². The van der Waals surface area contributed by atoms with E-state index in [9.17, 15) is 14.4 Å². The highest BCUT2D eigenvalue weighted by Crippen LogP contribution is 1.96. The molecule has 2 rings (SSSR count). The Kier molecular flexibility index (Phi) is 4.01. The zero-order chi connectivity index (χ0) is 13.7. The van der Waals surface area contributed by atoms with Gasteiger partial charge in [0.15, 0.2) is 12.1 Å². The molecule has 100 valence electrons. The molecule has 0 saturated carbocycles. The number of hydrogen-bond acceptors (Lipinski definition) is 4. The molecule has 2 heterocycles. The van der Waals surface area contributed by atoms with Crippen LogP contribution in [0.25, 0.3) is 0 Å². The number of imidazole rings is 1. The van der Waals surface area contributed by atoms with E-state index in [2.05, 4.69) is 9.98 Å². The van der Waals surface area contributed by atoms with E-state index in [1.54, 1.807) is 12.5 Å². The fraction of sp³-hybridized carbons (Fsp3) is 0.364. The topological polar surface area (TPSA) is 107 Å².